The number of nitrogens with one attached hydrogen (secondary N) is 2. The van der Waals surface area contributed by atoms with Crippen LogP contribution in [0.25, 0.3) is 0 Å². The van der Waals surface area contributed by atoms with Crippen molar-refractivity contribution in [3.63, 3.8) is 0 Å². The Balaban J connectivity index is 0.00000144. The number of amides is 1. The molecule has 1 atom stereocenters. The first-order chi connectivity index (χ1) is 10.7. The molecule has 9 heteroatoms. The van der Waals surface area contributed by atoms with Crippen LogP contribution in [0.5, 0.6) is 0 Å². The maximum absolute atomic E-state index is 12.5. The topological polar surface area (TPSA) is 73.9 Å². The molecule has 2 aromatic rings. The summed E-state index contributed by atoms with van der Waals surface area (Å²) in [4.78, 5) is 18.4. The molecule has 132 valence electrons. The number of benzene rings is 1. The molecule has 1 amide bonds. The van der Waals surface area contributed by atoms with Crippen LogP contribution in [0.4, 0.5) is 0 Å². The Morgan fingerprint density at radius 3 is 2.67 bits per heavy atom. The molecule has 2 N–H and O–H groups in total. The van der Waals surface area contributed by atoms with Gasteiger partial charge in [-0.15, -0.1) is 24.8 Å². The number of carbonyl (C=O) groups excluding carboxylic acids is 1. The van der Waals surface area contributed by atoms with Crippen LogP contribution in [0.1, 0.15) is 22.3 Å². The van der Waals surface area contributed by atoms with Gasteiger partial charge in [0.2, 0.25) is 0 Å². The van der Waals surface area contributed by atoms with Crippen LogP contribution in [0.15, 0.2) is 35.7 Å². The maximum atomic E-state index is 12.5. The van der Waals surface area contributed by atoms with E-state index in [0.29, 0.717) is 6.04 Å². The molecule has 1 fully saturated rings. The number of thioether (sulfide) groups is 1. The van der Waals surface area contributed by atoms with Crippen LogP contribution in [0.3, 0.4) is 0 Å². The summed E-state index contributed by atoms with van der Waals surface area (Å²) in [6, 6.07) is 8.10. The number of rotatable bonds is 5. The average molecular weight is 390 g/mol. The van der Waals surface area contributed by atoms with Gasteiger partial charge in [-0.25, -0.2) is 4.98 Å². The van der Waals surface area contributed by atoms with Crippen LogP contribution in [-0.2, 0) is 5.75 Å². The predicted molar refractivity (Wildman–Crippen MR) is 100 cm³/mol. The minimum atomic E-state index is 0. The highest BCUT2D eigenvalue weighted by molar-refractivity contribution is 7.98. The van der Waals surface area contributed by atoms with Crippen molar-refractivity contribution in [2.75, 3.05) is 20.1 Å². The summed E-state index contributed by atoms with van der Waals surface area (Å²) in [6.45, 7) is 1.87. The quantitative estimate of drug-likeness (QED) is 0.767. The van der Waals surface area contributed by atoms with Crippen molar-refractivity contribution in [3.8, 4) is 0 Å². The summed E-state index contributed by atoms with van der Waals surface area (Å²) in [5.41, 5.74) is 1.89. The van der Waals surface area contributed by atoms with Gasteiger partial charge in [0.25, 0.3) is 5.91 Å². The summed E-state index contributed by atoms with van der Waals surface area (Å²) in [6.07, 6.45) is 2.52. The molecule has 0 saturated carbocycles. The van der Waals surface area contributed by atoms with Crippen LogP contribution in [0.2, 0.25) is 0 Å². The second kappa shape index (κ2) is 9.88. The Labute approximate surface area is 158 Å². The van der Waals surface area contributed by atoms with E-state index < -0.39 is 0 Å². The van der Waals surface area contributed by atoms with Crippen molar-refractivity contribution in [3.05, 3.63) is 41.7 Å². The predicted octanol–water partition coefficient (Wildman–Crippen LogP) is 2.37. The lowest BCUT2D eigenvalue weighted by molar-refractivity contribution is 0.0744. The molecule has 6 nitrogen and oxygen atoms in total. The zero-order valence-electron chi connectivity index (χ0n) is 13.3. The third kappa shape index (κ3) is 5.11. The lowest BCUT2D eigenvalue weighted by Crippen LogP contribution is -2.38. The number of halogens is 2. The second-order valence-electron chi connectivity index (χ2n) is 5.34. The Kier molecular flexibility index (Phi) is 8.55. The van der Waals surface area contributed by atoms with Gasteiger partial charge in [-0.05, 0) is 30.7 Å². The van der Waals surface area contributed by atoms with Crippen LogP contribution >= 0.6 is 36.6 Å². The van der Waals surface area contributed by atoms with Gasteiger partial charge >= 0.3 is 0 Å². The second-order valence-corrected chi connectivity index (χ2v) is 6.30. The molecule has 2 heterocycles. The lowest BCUT2D eigenvalue weighted by Gasteiger charge is -2.23. The molecule has 0 radical (unpaired) electrons. The van der Waals surface area contributed by atoms with Crippen molar-refractivity contribution in [1.82, 2.24) is 25.4 Å². The van der Waals surface area contributed by atoms with E-state index in [2.05, 4.69) is 20.5 Å². The highest BCUT2D eigenvalue weighted by atomic mass is 35.5. The smallest absolute Gasteiger partial charge is 0.253 e. The molecular formula is C15H21Cl2N5OS. The molecule has 1 aromatic carbocycles. The van der Waals surface area contributed by atoms with Gasteiger partial charge in [0, 0.05) is 31.0 Å². The van der Waals surface area contributed by atoms with Crippen molar-refractivity contribution < 1.29 is 4.79 Å². The Bertz CT molecular complexity index is 617. The fourth-order valence-electron chi connectivity index (χ4n) is 2.50. The van der Waals surface area contributed by atoms with Crippen molar-refractivity contribution in [2.24, 2.45) is 0 Å². The van der Waals surface area contributed by atoms with Crippen LogP contribution in [-0.4, -0.2) is 52.2 Å². The van der Waals surface area contributed by atoms with Gasteiger partial charge in [-0.2, -0.15) is 5.10 Å². The average Bonchev–Trinajstić information content (AvgIpc) is 3.25. The van der Waals surface area contributed by atoms with Gasteiger partial charge in [0.15, 0.2) is 5.16 Å². The standard InChI is InChI=1S/C15H19N5OS.2ClH/c1-20(13-6-7-16-8-13)14(21)12-4-2-11(3-5-12)9-22-15-17-10-18-19-15;;/h2-5,10,13,16H,6-9H2,1H3,(H,17,18,19);2*1H. The number of hydrogen-bond acceptors (Lipinski definition) is 5. The van der Waals surface area contributed by atoms with Gasteiger partial charge in [0.05, 0.1) is 0 Å². The monoisotopic (exact) mass is 389 g/mol. The number of aromatic amines is 1. The van der Waals surface area contributed by atoms with E-state index in [1.807, 2.05) is 36.2 Å². The van der Waals surface area contributed by atoms with Crippen molar-refractivity contribution in [2.45, 2.75) is 23.4 Å². The zero-order chi connectivity index (χ0) is 15.4. The first kappa shape index (κ1) is 20.8. The summed E-state index contributed by atoms with van der Waals surface area (Å²) < 4.78 is 0. The van der Waals surface area contributed by atoms with E-state index in [4.69, 9.17) is 0 Å². The maximum Gasteiger partial charge on any atom is 0.253 e. The molecule has 1 aliphatic heterocycles. The number of carbonyl (C=O) groups is 1. The number of nitrogens with zero attached hydrogens (tertiary/aromatic N) is 3. The fraction of sp³-hybridized carbons (Fsp3) is 0.400. The number of likely N-dealkylation sites (N-methyl/N-ethyl adjacent to an activating group) is 1. The summed E-state index contributed by atoms with van der Waals surface area (Å²) in [5.74, 6) is 0.884. The Morgan fingerprint density at radius 2 is 2.08 bits per heavy atom. The van der Waals surface area contributed by atoms with E-state index in [9.17, 15) is 4.79 Å². The minimum absolute atomic E-state index is 0. The van der Waals surface area contributed by atoms with Crippen molar-refractivity contribution in [1.29, 1.82) is 0 Å². The first-order valence-electron chi connectivity index (χ1n) is 7.29. The van der Waals surface area contributed by atoms with Gasteiger partial charge in [-0.3, -0.25) is 9.89 Å². The molecule has 0 spiro atoms. The Morgan fingerprint density at radius 1 is 1.33 bits per heavy atom. The van der Waals surface area contributed by atoms with E-state index in [-0.39, 0.29) is 30.7 Å². The van der Waals surface area contributed by atoms with Crippen LogP contribution < -0.4 is 5.32 Å². The molecule has 1 aliphatic rings. The SMILES string of the molecule is CN(C(=O)c1ccc(CSc2ncn[nH]2)cc1)C1CCNC1.Cl.Cl. The molecular weight excluding hydrogens is 369 g/mol. The third-order valence-electron chi connectivity index (χ3n) is 3.87. The summed E-state index contributed by atoms with van der Waals surface area (Å²) >= 11 is 1.59. The lowest BCUT2D eigenvalue weighted by atomic mass is 10.1. The zero-order valence-corrected chi connectivity index (χ0v) is 15.7. The first-order valence-corrected chi connectivity index (χ1v) is 8.27. The highest BCUT2D eigenvalue weighted by Crippen LogP contribution is 2.19. The van der Waals surface area contributed by atoms with Gasteiger partial charge < -0.3 is 10.2 Å². The number of H-pyrrole nitrogens is 1. The van der Waals surface area contributed by atoms with E-state index in [1.54, 1.807) is 11.8 Å². The van der Waals surface area contributed by atoms with E-state index in [0.717, 1.165) is 41.5 Å². The van der Waals surface area contributed by atoms with E-state index >= 15 is 0 Å². The summed E-state index contributed by atoms with van der Waals surface area (Å²) in [7, 11) is 1.88. The molecule has 1 aromatic heterocycles. The van der Waals surface area contributed by atoms with E-state index in [1.165, 1.54) is 6.33 Å². The third-order valence-corrected chi connectivity index (χ3v) is 4.82. The molecule has 0 bridgehead atoms. The van der Waals surface area contributed by atoms with Gasteiger partial charge in [0.1, 0.15) is 6.33 Å². The van der Waals surface area contributed by atoms with Crippen LogP contribution in [0, 0.1) is 0 Å². The fourth-order valence-corrected chi connectivity index (χ4v) is 3.23. The Hall–Kier alpha value is -1.28. The van der Waals surface area contributed by atoms with Crippen molar-refractivity contribution >= 4 is 42.5 Å². The molecule has 1 saturated heterocycles. The number of aromatic nitrogens is 3. The molecule has 3 rings (SSSR count). The molecule has 1 unspecified atom stereocenters. The minimum Gasteiger partial charge on any atom is -0.337 e. The molecule has 24 heavy (non-hydrogen) atoms. The number of hydrogen-bond donors (Lipinski definition) is 2. The largest absolute Gasteiger partial charge is 0.337 e. The highest BCUT2D eigenvalue weighted by Gasteiger charge is 2.23. The van der Waals surface area contributed by atoms with Gasteiger partial charge in [-0.1, -0.05) is 23.9 Å². The molecule has 0 aliphatic carbocycles. The summed E-state index contributed by atoms with van der Waals surface area (Å²) in [5, 5.41) is 10.7. The normalized spacial score (nSPS) is 16.1.